The highest BCUT2D eigenvalue weighted by Crippen LogP contribution is 2.36. The third kappa shape index (κ3) is 4.02. The molecule has 25 heavy (non-hydrogen) atoms. The van der Waals surface area contributed by atoms with Crippen molar-refractivity contribution < 1.29 is 14.4 Å². The number of amides is 2. The summed E-state index contributed by atoms with van der Waals surface area (Å²) in [5.74, 6) is 1.03. The molecule has 0 radical (unpaired) electrons. The Hall–Kier alpha value is -2.34. The van der Waals surface area contributed by atoms with Gasteiger partial charge in [-0.25, -0.2) is 4.79 Å². The van der Waals surface area contributed by atoms with Gasteiger partial charge in [-0.05, 0) is 31.2 Å². The SMILES string of the molecule is CCc1onc(C)c1NC(=O)N(Cc1ccccc1)C(CO)C1CC1. The van der Waals surface area contributed by atoms with E-state index >= 15 is 0 Å². The highest BCUT2D eigenvalue weighted by Gasteiger charge is 2.37. The normalized spacial score (nSPS) is 15.0. The van der Waals surface area contributed by atoms with Crippen LogP contribution in [0.1, 0.15) is 36.8 Å². The Morgan fingerprint density at radius 2 is 2.12 bits per heavy atom. The zero-order valence-electron chi connectivity index (χ0n) is 14.7. The van der Waals surface area contributed by atoms with E-state index in [4.69, 9.17) is 4.52 Å². The van der Waals surface area contributed by atoms with Gasteiger partial charge in [0.15, 0.2) is 5.76 Å². The zero-order chi connectivity index (χ0) is 17.8. The minimum Gasteiger partial charge on any atom is -0.394 e. The molecule has 0 saturated heterocycles. The molecule has 1 atom stereocenters. The van der Waals surface area contributed by atoms with Crippen molar-refractivity contribution in [3.05, 3.63) is 47.3 Å². The summed E-state index contributed by atoms with van der Waals surface area (Å²) >= 11 is 0. The summed E-state index contributed by atoms with van der Waals surface area (Å²) in [6, 6.07) is 9.44. The molecular weight excluding hydrogens is 318 g/mol. The smallest absolute Gasteiger partial charge is 0.322 e. The van der Waals surface area contributed by atoms with E-state index in [1.807, 2.05) is 44.2 Å². The first-order valence-electron chi connectivity index (χ1n) is 8.81. The van der Waals surface area contributed by atoms with Crippen molar-refractivity contribution in [3.8, 4) is 0 Å². The van der Waals surface area contributed by atoms with E-state index in [0.717, 1.165) is 18.4 Å². The van der Waals surface area contributed by atoms with Crippen LogP contribution in [-0.2, 0) is 13.0 Å². The van der Waals surface area contributed by atoms with Gasteiger partial charge >= 0.3 is 6.03 Å². The average molecular weight is 343 g/mol. The van der Waals surface area contributed by atoms with Crippen LogP contribution < -0.4 is 5.32 Å². The Bertz CT molecular complexity index is 710. The van der Waals surface area contributed by atoms with Gasteiger partial charge in [0.25, 0.3) is 0 Å². The summed E-state index contributed by atoms with van der Waals surface area (Å²) < 4.78 is 5.26. The first-order chi connectivity index (χ1) is 12.1. The molecule has 2 amide bonds. The number of urea groups is 1. The number of rotatable bonds is 7. The minimum absolute atomic E-state index is 0.0336. The maximum Gasteiger partial charge on any atom is 0.322 e. The van der Waals surface area contributed by atoms with Gasteiger partial charge in [0.05, 0.1) is 12.6 Å². The van der Waals surface area contributed by atoms with E-state index in [2.05, 4.69) is 10.5 Å². The molecule has 1 unspecified atom stereocenters. The maximum absolute atomic E-state index is 13.0. The van der Waals surface area contributed by atoms with Gasteiger partial charge in [-0.3, -0.25) is 0 Å². The molecule has 1 saturated carbocycles. The molecule has 0 aliphatic heterocycles. The number of aryl methyl sites for hydroxylation is 2. The third-order valence-corrected chi connectivity index (χ3v) is 4.70. The predicted molar refractivity (Wildman–Crippen MR) is 95.2 cm³/mol. The molecule has 1 fully saturated rings. The quantitative estimate of drug-likeness (QED) is 0.808. The van der Waals surface area contributed by atoms with Crippen LogP contribution >= 0.6 is 0 Å². The lowest BCUT2D eigenvalue weighted by atomic mass is 10.1. The molecular formula is C19H25N3O3. The average Bonchev–Trinajstić information content (AvgIpc) is 3.40. The number of anilines is 1. The fraction of sp³-hybridized carbons (Fsp3) is 0.474. The lowest BCUT2D eigenvalue weighted by Gasteiger charge is -2.31. The van der Waals surface area contributed by atoms with Gasteiger partial charge < -0.3 is 19.8 Å². The standard InChI is InChI=1S/C19H25N3O3/c1-3-17-18(13(2)21-25-17)20-19(24)22(16(12-23)15-9-10-15)11-14-7-5-4-6-8-14/h4-8,15-16,23H,3,9-12H2,1-2H3,(H,20,24). The van der Waals surface area contributed by atoms with Crippen LogP contribution in [0.3, 0.4) is 0 Å². The first-order valence-corrected chi connectivity index (χ1v) is 8.81. The summed E-state index contributed by atoms with van der Waals surface area (Å²) in [5.41, 5.74) is 2.34. The van der Waals surface area contributed by atoms with Gasteiger partial charge in [-0.15, -0.1) is 0 Å². The lowest BCUT2D eigenvalue weighted by molar-refractivity contribution is 0.124. The monoisotopic (exact) mass is 343 g/mol. The van der Waals surface area contributed by atoms with Crippen LogP contribution in [0.2, 0.25) is 0 Å². The Kier molecular flexibility index (Phi) is 5.38. The second kappa shape index (κ2) is 7.70. The molecule has 2 N–H and O–H groups in total. The number of hydrogen-bond acceptors (Lipinski definition) is 4. The molecule has 0 bridgehead atoms. The lowest BCUT2D eigenvalue weighted by Crippen LogP contribution is -2.45. The van der Waals surface area contributed by atoms with Gasteiger partial charge in [-0.2, -0.15) is 0 Å². The molecule has 0 spiro atoms. The van der Waals surface area contributed by atoms with E-state index in [-0.39, 0.29) is 18.7 Å². The number of nitrogens with zero attached hydrogens (tertiary/aromatic N) is 2. The van der Waals surface area contributed by atoms with Crippen LogP contribution in [0, 0.1) is 12.8 Å². The van der Waals surface area contributed by atoms with Crippen molar-refractivity contribution >= 4 is 11.7 Å². The van der Waals surface area contributed by atoms with E-state index in [0.29, 0.717) is 36.0 Å². The number of aromatic nitrogens is 1. The van der Waals surface area contributed by atoms with Crippen molar-refractivity contribution in [1.29, 1.82) is 0 Å². The molecule has 1 aliphatic rings. The highest BCUT2D eigenvalue weighted by atomic mass is 16.5. The summed E-state index contributed by atoms with van der Waals surface area (Å²) in [7, 11) is 0. The first kappa shape index (κ1) is 17.5. The van der Waals surface area contributed by atoms with Crippen LogP contribution in [0.4, 0.5) is 10.5 Å². The van der Waals surface area contributed by atoms with Gasteiger partial charge in [-0.1, -0.05) is 42.4 Å². The fourth-order valence-electron chi connectivity index (χ4n) is 3.10. The number of hydrogen-bond donors (Lipinski definition) is 2. The molecule has 3 rings (SSSR count). The molecule has 134 valence electrons. The third-order valence-electron chi connectivity index (χ3n) is 4.70. The van der Waals surface area contributed by atoms with Crippen molar-refractivity contribution in [1.82, 2.24) is 10.1 Å². The van der Waals surface area contributed by atoms with Gasteiger partial charge in [0.2, 0.25) is 0 Å². The summed E-state index contributed by atoms with van der Waals surface area (Å²) in [6.07, 6.45) is 2.76. The van der Waals surface area contributed by atoms with Gasteiger partial charge in [0, 0.05) is 13.0 Å². The summed E-state index contributed by atoms with van der Waals surface area (Å²) in [4.78, 5) is 14.7. The number of carbonyl (C=O) groups excluding carboxylic acids is 1. The van der Waals surface area contributed by atoms with Crippen LogP contribution in [0.25, 0.3) is 0 Å². The Labute approximate surface area is 147 Å². The molecule has 1 aromatic heterocycles. The Morgan fingerprint density at radius 1 is 1.40 bits per heavy atom. The second-order valence-electron chi connectivity index (χ2n) is 6.55. The van der Waals surface area contributed by atoms with E-state index < -0.39 is 0 Å². The molecule has 1 aliphatic carbocycles. The van der Waals surface area contributed by atoms with E-state index in [1.165, 1.54) is 0 Å². The van der Waals surface area contributed by atoms with Crippen molar-refractivity contribution in [3.63, 3.8) is 0 Å². The number of carbonyl (C=O) groups is 1. The van der Waals surface area contributed by atoms with E-state index in [9.17, 15) is 9.90 Å². The summed E-state index contributed by atoms with van der Waals surface area (Å²) in [6.45, 7) is 4.19. The minimum atomic E-state index is -0.226. The van der Waals surface area contributed by atoms with E-state index in [1.54, 1.807) is 4.90 Å². The summed E-state index contributed by atoms with van der Waals surface area (Å²) in [5, 5.41) is 16.7. The highest BCUT2D eigenvalue weighted by molar-refractivity contribution is 5.90. The molecule has 6 nitrogen and oxygen atoms in total. The molecule has 1 aromatic carbocycles. The number of aliphatic hydroxyl groups excluding tert-OH is 1. The number of nitrogens with one attached hydrogen (secondary N) is 1. The van der Waals surface area contributed by atoms with Crippen molar-refractivity contribution in [2.24, 2.45) is 5.92 Å². The fourth-order valence-corrected chi connectivity index (χ4v) is 3.10. The van der Waals surface area contributed by atoms with Crippen LogP contribution in [0.15, 0.2) is 34.9 Å². The maximum atomic E-state index is 13.0. The van der Waals surface area contributed by atoms with Gasteiger partial charge in [0.1, 0.15) is 11.4 Å². The molecule has 6 heteroatoms. The van der Waals surface area contributed by atoms with Crippen molar-refractivity contribution in [2.75, 3.05) is 11.9 Å². The molecule has 2 aromatic rings. The predicted octanol–water partition coefficient (Wildman–Crippen LogP) is 3.35. The topological polar surface area (TPSA) is 78.6 Å². The Morgan fingerprint density at radius 3 is 2.72 bits per heavy atom. The second-order valence-corrected chi connectivity index (χ2v) is 6.55. The largest absolute Gasteiger partial charge is 0.394 e. The van der Waals surface area contributed by atoms with Crippen LogP contribution in [0.5, 0.6) is 0 Å². The van der Waals surface area contributed by atoms with Crippen LogP contribution in [-0.4, -0.2) is 33.8 Å². The Balaban J connectivity index is 1.82. The molecule has 1 heterocycles. The number of aliphatic hydroxyl groups is 1. The zero-order valence-corrected chi connectivity index (χ0v) is 14.7. The van der Waals surface area contributed by atoms with Crippen molar-refractivity contribution in [2.45, 2.75) is 45.7 Å². The number of benzene rings is 1.